The summed E-state index contributed by atoms with van der Waals surface area (Å²) in [5.41, 5.74) is 0. The van der Waals surface area contributed by atoms with Gasteiger partial charge < -0.3 is 14.9 Å². The number of rotatable bonds is 1. The predicted octanol–water partition coefficient (Wildman–Crippen LogP) is 1.78. The molecule has 17 heavy (non-hydrogen) atoms. The molecule has 92 valence electrons. The van der Waals surface area contributed by atoms with Crippen molar-refractivity contribution < 1.29 is 14.3 Å². The van der Waals surface area contributed by atoms with E-state index in [4.69, 9.17) is 5.11 Å². The van der Waals surface area contributed by atoms with Crippen LogP contribution in [0.3, 0.4) is 0 Å². The lowest BCUT2D eigenvalue weighted by atomic mass is 10.3. The van der Waals surface area contributed by atoms with Crippen LogP contribution in [-0.4, -0.2) is 47.3 Å². The van der Waals surface area contributed by atoms with Gasteiger partial charge in [-0.1, -0.05) is 0 Å². The van der Waals surface area contributed by atoms with Crippen molar-refractivity contribution in [3.05, 3.63) is 22.6 Å². The molecule has 0 unspecified atom stereocenters. The molecule has 0 saturated carbocycles. The van der Waals surface area contributed by atoms with E-state index in [2.05, 4.69) is 20.9 Å². The molecule has 1 aromatic rings. The largest absolute Gasteiger partial charge is 0.465 e. The van der Waals surface area contributed by atoms with E-state index in [1.165, 1.54) is 11.0 Å². The fraction of sp³-hybridized carbons (Fsp3) is 0.400. The first-order valence-corrected chi connectivity index (χ1v) is 5.91. The molecule has 1 aliphatic heterocycles. The van der Waals surface area contributed by atoms with Gasteiger partial charge in [0.05, 0.1) is 10.7 Å². The number of nitrogens with zero attached hydrogens (tertiary/aromatic N) is 3. The number of anilines is 1. The van der Waals surface area contributed by atoms with Gasteiger partial charge in [0.15, 0.2) is 0 Å². The van der Waals surface area contributed by atoms with Crippen molar-refractivity contribution in [3.8, 4) is 0 Å². The van der Waals surface area contributed by atoms with Gasteiger partial charge in [-0.3, -0.25) is 0 Å². The maximum Gasteiger partial charge on any atom is 0.407 e. The smallest absolute Gasteiger partial charge is 0.407 e. The van der Waals surface area contributed by atoms with Crippen LogP contribution in [0.25, 0.3) is 0 Å². The molecule has 1 aliphatic rings. The van der Waals surface area contributed by atoms with Crippen molar-refractivity contribution in [3.63, 3.8) is 0 Å². The first-order chi connectivity index (χ1) is 8.08. The highest BCUT2D eigenvalue weighted by molar-refractivity contribution is 9.10. The summed E-state index contributed by atoms with van der Waals surface area (Å²) in [5.74, 6) is 0.251. The van der Waals surface area contributed by atoms with Crippen LogP contribution in [0.5, 0.6) is 0 Å². The highest BCUT2D eigenvalue weighted by atomic mass is 79.9. The van der Waals surface area contributed by atoms with Crippen LogP contribution in [0.4, 0.5) is 15.0 Å². The topological polar surface area (TPSA) is 56.7 Å². The Labute approximate surface area is 106 Å². The van der Waals surface area contributed by atoms with E-state index >= 15 is 0 Å². The zero-order valence-corrected chi connectivity index (χ0v) is 10.5. The van der Waals surface area contributed by atoms with Gasteiger partial charge >= 0.3 is 6.09 Å². The van der Waals surface area contributed by atoms with Gasteiger partial charge in [0.25, 0.3) is 0 Å². The third kappa shape index (κ3) is 2.66. The standard InChI is InChI=1S/C10H11BrFN3O2/c11-8-5-7(12)6-13-9(8)14-1-3-15(4-2-14)10(16)17/h5-6H,1-4H2,(H,16,17). The second-order valence-corrected chi connectivity index (χ2v) is 4.57. The van der Waals surface area contributed by atoms with Gasteiger partial charge in [-0.05, 0) is 22.0 Å². The fourth-order valence-electron chi connectivity index (χ4n) is 1.75. The van der Waals surface area contributed by atoms with E-state index in [0.717, 1.165) is 6.20 Å². The molecular weight excluding hydrogens is 293 g/mol. The van der Waals surface area contributed by atoms with E-state index in [9.17, 15) is 9.18 Å². The van der Waals surface area contributed by atoms with E-state index in [1.54, 1.807) is 0 Å². The van der Waals surface area contributed by atoms with Crippen LogP contribution >= 0.6 is 15.9 Å². The Balaban J connectivity index is 2.08. The van der Waals surface area contributed by atoms with Crippen LogP contribution in [0, 0.1) is 5.82 Å². The third-order valence-corrected chi connectivity index (χ3v) is 3.22. The summed E-state index contributed by atoms with van der Waals surface area (Å²) in [7, 11) is 0. The average molecular weight is 304 g/mol. The monoisotopic (exact) mass is 303 g/mol. The molecule has 0 aliphatic carbocycles. The minimum atomic E-state index is -0.907. The molecule has 1 fully saturated rings. The van der Waals surface area contributed by atoms with Crippen LogP contribution in [0.2, 0.25) is 0 Å². The van der Waals surface area contributed by atoms with E-state index < -0.39 is 11.9 Å². The van der Waals surface area contributed by atoms with Gasteiger partial charge in [0.1, 0.15) is 11.6 Å². The number of carboxylic acid groups (broad SMARTS) is 1. The van der Waals surface area contributed by atoms with E-state index in [0.29, 0.717) is 36.5 Å². The molecule has 2 heterocycles. The second kappa shape index (κ2) is 4.87. The molecule has 0 spiro atoms. The second-order valence-electron chi connectivity index (χ2n) is 3.72. The fourth-order valence-corrected chi connectivity index (χ4v) is 2.32. The van der Waals surface area contributed by atoms with Crippen LogP contribution in [-0.2, 0) is 0 Å². The van der Waals surface area contributed by atoms with Crippen molar-refractivity contribution in [1.82, 2.24) is 9.88 Å². The molecule has 5 nitrogen and oxygen atoms in total. The molecule has 0 aromatic carbocycles. The lowest BCUT2D eigenvalue weighted by Crippen LogP contribution is -2.48. The third-order valence-electron chi connectivity index (χ3n) is 2.64. The van der Waals surface area contributed by atoms with Crippen molar-refractivity contribution in [2.24, 2.45) is 0 Å². The van der Waals surface area contributed by atoms with Crippen molar-refractivity contribution in [2.45, 2.75) is 0 Å². The van der Waals surface area contributed by atoms with Gasteiger partial charge in [-0.2, -0.15) is 0 Å². The van der Waals surface area contributed by atoms with Crippen molar-refractivity contribution in [1.29, 1.82) is 0 Å². The summed E-state index contributed by atoms with van der Waals surface area (Å²) in [5, 5.41) is 8.82. The summed E-state index contributed by atoms with van der Waals surface area (Å²) >= 11 is 3.25. The number of aromatic nitrogens is 1. The number of hydrogen-bond acceptors (Lipinski definition) is 3. The van der Waals surface area contributed by atoms with Crippen LogP contribution in [0.1, 0.15) is 0 Å². The van der Waals surface area contributed by atoms with Gasteiger partial charge in [-0.15, -0.1) is 0 Å². The zero-order valence-electron chi connectivity index (χ0n) is 8.94. The average Bonchev–Trinajstić information content (AvgIpc) is 2.29. The highest BCUT2D eigenvalue weighted by Crippen LogP contribution is 2.25. The number of carbonyl (C=O) groups is 1. The molecule has 0 atom stereocenters. The van der Waals surface area contributed by atoms with E-state index in [-0.39, 0.29) is 0 Å². The summed E-state index contributed by atoms with van der Waals surface area (Å²) in [6.45, 7) is 1.98. The first-order valence-electron chi connectivity index (χ1n) is 5.12. The molecular formula is C10H11BrFN3O2. The molecule has 1 amide bonds. The normalized spacial score (nSPS) is 16.1. The maximum absolute atomic E-state index is 12.9. The minimum Gasteiger partial charge on any atom is -0.465 e. The molecule has 7 heteroatoms. The lowest BCUT2D eigenvalue weighted by molar-refractivity contribution is 0.142. The Bertz CT molecular complexity index is 436. The van der Waals surface area contributed by atoms with Crippen LogP contribution < -0.4 is 4.90 Å². The Hall–Kier alpha value is -1.37. The minimum absolute atomic E-state index is 0.398. The summed E-state index contributed by atoms with van der Waals surface area (Å²) in [6, 6.07) is 1.35. The molecule has 1 aromatic heterocycles. The zero-order chi connectivity index (χ0) is 12.4. The quantitative estimate of drug-likeness (QED) is 0.859. The van der Waals surface area contributed by atoms with Gasteiger partial charge in [0.2, 0.25) is 0 Å². The number of pyridine rings is 1. The molecule has 1 saturated heterocycles. The molecule has 0 radical (unpaired) electrons. The summed E-state index contributed by atoms with van der Waals surface area (Å²) < 4.78 is 13.5. The Morgan fingerprint density at radius 2 is 2.06 bits per heavy atom. The summed E-state index contributed by atoms with van der Waals surface area (Å²) in [4.78, 5) is 18.0. The summed E-state index contributed by atoms with van der Waals surface area (Å²) in [6.07, 6.45) is 0.250. The number of hydrogen-bond donors (Lipinski definition) is 1. The van der Waals surface area contributed by atoms with Gasteiger partial charge in [0, 0.05) is 26.2 Å². The Kier molecular flexibility index (Phi) is 3.46. The lowest BCUT2D eigenvalue weighted by Gasteiger charge is -2.34. The molecule has 1 N–H and O–H groups in total. The van der Waals surface area contributed by atoms with Gasteiger partial charge in [-0.25, -0.2) is 14.2 Å². The van der Waals surface area contributed by atoms with E-state index in [1.807, 2.05) is 4.90 Å². The van der Waals surface area contributed by atoms with Crippen molar-refractivity contribution in [2.75, 3.05) is 31.1 Å². The first kappa shape index (κ1) is 12.1. The number of piperazine rings is 1. The number of amides is 1. The molecule has 0 bridgehead atoms. The maximum atomic E-state index is 12.9. The number of halogens is 2. The Morgan fingerprint density at radius 1 is 1.41 bits per heavy atom. The molecule has 2 rings (SSSR count). The van der Waals surface area contributed by atoms with Crippen LogP contribution in [0.15, 0.2) is 16.7 Å². The SMILES string of the molecule is O=C(O)N1CCN(c2ncc(F)cc2Br)CC1. The Morgan fingerprint density at radius 3 is 2.59 bits per heavy atom. The predicted molar refractivity (Wildman–Crippen MR) is 63.7 cm³/mol. The van der Waals surface area contributed by atoms with Crippen molar-refractivity contribution >= 4 is 27.8 Å². The highest BCUT2D eigenvalue weighted by Gasteiger charge is 2.22.